The minimum Gasteiger partial charge on any atom is -0.481 e. The van der Waals surface area contributed by atoms with Crippen molar-refractivity contribution >= 4 is 36.7 Å². The van der Waals surface area contributed by atoms with Crippen molar-refractivity contribution in [3.8, 4) is 5.88 Å². The van der Waals surface area contributed by atoms with Gasteiger partial charge in [-0.05, 0) is 61.9 Å². The van der Waals surface area contributed by atoms with Crippen molar-refractivity contribution in [1.29, 1.82) is 0 Å². The first-order valence-corrected chi connectivity index (χ1v) is 13.1. The first-order valence-electron chi connectivity index (χ1n) is 10.5. The molecule has 0 bridgehead atoms. The molecule has 8 heteroatoms. The van der Waals surface area contributed by atoms with Crippen LogP contribution >= 0.6 is 15.9 Å². The highest BCUT2D eigenvalue weighted by molar-refractivity contribution is 9.10. The van der Waals surface area contributed by atoms with E-state index in [0.29, 0.717) is 18.7 Å². The van der Waals surface area contributed by atoms with Gasteiger partial charge in [0.2, 0.25) is 5.88 Å². The second kappa shape index (κ2) is 8.74. The van der Waals surface area contributed by atoms with Crippen molar-refractivity contribution in [2.45, 2.75) is 29.3 Å². The molecule has 1 aromatic heterocycles. The van der Waals surface area contributed by atoms with Gasteiger partial charge in [-0.1, -0.05) is 28.1 Å². The van der Waals surface area contributed by atoms with Crippen LogP contribution in [0.4, 0.5) is 0 Å². The van der Waals surface area contributed by atoms with E-state index < -0.39 is 21.4 Å². The lowest BCUT2D eigenvalue weighted by Crippen LogP contribution is -2.47. The van der Waals surface area contributed by atoms with E-state index in [1.807, 2.05) is 31.3 Å². The van der Waals surface area contributed by atoms with E-state index >= 15 is 0 Å². The molecule has 3 aromatic rings. The summed E-state index contributed by atoms with van der Waals surface area (Å²) >= 11 is 3.52. The molecule has 1 aliphatic rings. The number of halogens is 1. The number of ether oxygens (including phenoxy) is 1. The van der Waals surface area contributed by atoms with Crippen LogP contribution < -0.4 is 4.74 Å². The number of benzene rings is 2. The summed E-state index contributed by atoms with van der Waals surface area (Å²) in [6, 6.07) is 14.7. The highest BCUT2D eigenvalue weighted by Crippen LogP contribution is 2.45. The van der Waals surface area contributed by atoms with Gasteiger partial charge in [0.05, 0.1) is 23.1 Å². The summed E-state index contributed by atoms with van der Waals surface area (Å²) in [5, 5.41) is 12.8. The minimum atomic E-state index is -3.32. The van der Waals surface area contributed by atoms with Crippen molar-refractivity contribution in [3.05, 3.63) is 64.1 Å². The monoisotopic (exact) mass is 518 g/mol. The predicted octanol–water partition coefficient (Wildman–Crippen LogP) is 4.00. The number of pyridine rings is 1. The van der Waals surface area contributed by atoms with Gasteiger partial charge in [0.15, 0.2) is 9.84 Å². The second-order valence-corrected chi connectivity index (χ2v) is 11.5. The third-order valence-corrected chi connectivity index (χ3v) is 7.93. The lowest BCUT2D eigenvalue weighted by Gasteiger charge is -2.42. The molecule has 2 aromatic carbocycles. The van der Waals surface area contributed by atoms with Crippen LogP contribution in [0.25, 0.3) is 10.9 Å². The van der Waals surface area contributed by atoms with Crippen molar-refractivity contribution < 1.29 is 18.3 Å². The Kier molecular flexibility index (Phi) is 6.33. The molecule has 1 saturated heterocycles. The molecule has 0 amide bonds. The number of rotatable bonds is 5. The van der Waals surface area contributed by atoms with Crippen molar-refractivity contribution in [3.63, 3.8) is 0 Å². The largest absolute Gasteiger partial charge is 0.481 e. The van der Waals surface area contributed by atoms with Crippen LogP contribution in [0.3, 0.4) is 0 Å². The Balaban J connectivity index is 1.91. The lowest BCUT2D eigenvalue weighted by molar-refractivity contribution is -0.0293. The summed E-state index contributed by atoms with van der Waals surface area (Å²) < 4.78 is 30.6. The molecule has 2 heterocycles. The van der Waals surface area contributed by atoms with E-state index in [2.05, 4.69) is 20.8 Å². The molecular weight excluding hydrogens is 492 g/mol. The maximum absolute atomic E-state index is 12.0. The molecule has 0 radical (unpaired) electrons. The van der Waals surface area contributed by atoms with Crippen LogP contribution in [0.1, 0.15) is 29.9 Å². The normalized spacial score (nSPS) is 17.9. The fourth-order valence-electron chi connectivity index (χ4n) is 4.50. The fourth-order valence-corrected chi connectivity index (χ4v) is 5.51. The Morgan fingerprint density at radius 1 is 1.12 bits per heavy atom. The third kappa shape index (κ3) is 4.55. The lowest BCUT2D eigenvalue weighted by atomic mass is 9.72. The number of aliphatic hydroxyl groups is 1. The Bertz CT molecular complexity index is 1240. The summed E-state index contributed by atoms with van der Waals surface area (Å²) in [6.07, 6.45) is 2.36. The molecule has 1 N–H and O–H groups in total. The molecule has 1 unspecified atom stereocenters. The Morgan fingerprint density at radius 2 is 1.78 bits per heavy atom. The molecule has 32 heavy (non-hydrogen) atoms. The van der Waals surface area contributed by atoms with Crippen molar-refractivity contribution in [2.75, 3.05) is 33.5 Å². The average molecular weight is 519 g/mol. The number of fused-ring (bicyclic) bond motifs is 1. The highest BCUT2D eigenvalue weighted by Gasteiger charge is 2.42. The van der Waals surface area contributed by atoms with Crippen LogP contribution in [0.2, 0.25) is 0 Å². The summed E-state index contributed by atoms with van der Waals surface area (Å²) in [4.78, 5) is 7.17. The minimum absolute atomic E-state index is 0.253. The number of nitrogens with zero attached hydrogens (tertiary/aromatic N) is 2. The molecule has 1 aliphatic heterocycles. The standard InChI is InChI=1S/C24H27BrN2O4S/c1-27-12-10-24(28,11-13-27)22(16-4-7-19(8-5-16)32(3,29)30)20-15-17-14-18(25)6-9-21(17)26-23(20)31-2/h4-9,14-15,22,28H,10-13H2,1-3H3. The van der Waals surface area contributed by atoms with E-state index in [4.69, 9.17) is 9.72 Å². The molecule has 1 atom stereocenters. The average Bonchev–Trinajstić information content (AvgIpc) is 2.75. The zero-order chi connectivity index (χ0) is 23.1. The molecule has 0 spiro atoms. The fraction of sp³-hybridized carbons (Fsp3) is 0.375. The summed E-state index contributed by atoms with van der Waals surface area (Å²) in [5.41, 5.74) is 1.40. The van der Waals surface area contributed by atoms with Crippen LogP contribution in [-0.2, 0) is 9.84 Å². The van der Waals surface area contributed by atoms with Crippen LogP contribution in [0.15, 0.2) is 57.9 Å². The van der Waals surface area contributed by atoms with Crippen molar-refractivity contribution in [1.82, 2.24) is 9.88 Å². The number of likely N-dealkylation sites (tertiary alicyclic amines) is 1. The number of hydrogen-bond donors (Lipinski definition) is 1. The summed E-state index contributed by atoms with van der Waals surface area (Å²) in [6.45, 7) is 1.53. The van der Waals surface area contributed by atoms with E-state index in [0.717, 1.165) is 39.6 Å². The zero-order valence-corrected chi connectivity index (χ0v) is 20.8. The van der Waals surface area contributed by atoms with Gasteiger partial charge in [0.25, 0.3) is 0 Å². The predicted molar refractivity (Wildman–Crippen MR) is 129 cm³/mol. The first kappa shape index (κ1) is 23.2. The molecule has 170 valence electrons. The smallest absolute Gasteiger partial charge is 0.217 e. The maximum Gasteiger partial charge on any atom is 0.217 e. The Morgan fingerprint density at radius 3 is 2.38 bits per heavy atom. The topological polar surface area (TPSA) is 79.7 Å². The van der Waals surface area contributed by atoms with Gasteiger partial charge in [-0.3, -0.25) is 0 Å². The number of hydrogen-bond acceptors (Lipinski definition) is 6. The molecule has 0 aliphatic carbocycles. The van der Waals surface area contributed by atoms with E-state index in [-0.39, 0.29) is 4.90 Å². The Hall–Kier alpha value is -2.00. The SMILES string of the molecule is COc1nc2ccc(Br)cc2cc1C(c1ccc(S(C)(=O)=O)cc1)C1(O)CCN(C)CC1. The Labute approximate surface area is 197 Å². The van der Waals surface area contributed by atoms with E-state index in [9.17, 15) is 13.5 Å². The molecule has 6 nitrogen and oxygen atoms in total. The molecule has 0 saturated carbocycles. The van der Waals surface area contributed by atoms with Gasteiger partial charge in [-0.25, -0.2) is 13.4 Å². The number of aromatic nitrogens is 1. The van der Waals surface area contributed by atoms with Gasteiger partial charge in [0.1, 0.15) is 0 Å². The first-order chi connectivity index (χ1) is 15.1. The van der Waals surface area contributed by atoms with Gasteiger partial charge >= 0.3 is 0 Å². The molecular formula is C24H27BrN2O4S. The van der Waals surface area contributed by atoms with Crippen molar-refractivity contribution in [2.24, 2.45) is 0 Å². The quantitative estimate of drug-likeness (QED) is 0.549. The number of piperidine rings is 1. The van der Waals surface area contributed by atoms with Gasteiger partial charge in [0, 0.05) is 40.7 Å². The van der Waals surface area contributed by atoms with E-state index in [1.54, 1.807) is 31.4 Å². The van der Waals surface area contributed by atoms with Gasteiger partial charge < -0.3 is 14.7 Å². The van der Waals surface area contributed by atoms with Crippen LogP contribution in [0, 0.1) is 0 Å². The summed E-state index contributed by atoms with van der Waals surface area (Å²) in [5.74, 6) is 0.0417. The second-order valence-electron chi connectivity index (χ2n) is 8.60. The maximum atomic E-state index is 12.0. The van der Waals surface area contributed by atoms with Gasteiger partial charge in [-0.15, -0.1) is 0 Å². The summed E-state index contributed by atoms with van der Waals surface area (Å²) in [7, 11) is 0.314. The zero-order valence-electron chi connectivity index (χ0n) is 18.4. The number of sulfone groups is 1. The molecule has 1 fully saturated rings. The highest BCUT2D eigenvalue weighted by atomic mass is 79.9. The van der Waals surface area contributed by atoms with Crippen LogP contribution in [-0.4, -0.2) is 62.5 Å². The van der Waals surface area contributed by atoms with Gasteiger partial charge in [-0.2, -0.15) is 0 Å². The molecule has 4 rings (SSSR count). The van der Waals surface area contributed by atoms with Crippen LogP contribution in [0.5, 0.6) is 5.88 Å². The van der Waals surface area contributed by atoms with E-state index in [1.165, 1.54) is 6.26 Å². The third-order valence-electron chi connectivity index (χ3n) is 6.31. The number of methoxy groups -OCH3 is 1.